The quantitative estimate of drug-likeness (QED) is 0.770. The molecular formula is C17H16N2O2S. The van der Waals surface area contributed by atoms with E-state index < -0.39 is 0 Å². The van der Waals surface area contributed by atoms with Crippen molar-refractivity contribution < 1.29 is 9.21 Å². The molecule has 0 saturated heterocycles. The summed E-state index contributed by atoms with van der Waals surface area (Å²) in [5.41, 5.74) is 2.87. The number of aromatic nitrogens is 1. The molecule has 0 fully saturated rings. The smallest absolute Gasteiger partial charge is 0.265 e. The van der Waals surface area contributed by atoms with Gasteiger partial charge in [0, 0.05) is 16.1 Å². The summed E-state index contributed by atoms with van der Waals surface area (Å²) in [7, 11) is 0. The van der Waals surface area contributed by atoms with E-state index in [1.54, 1.807) is 17.5 Å². The standard InChI is InChI=1S/C17H16N2O2S/c1-3-15-11(2)8-16(22-15)17(20)19-13-6-4-12(5-7-13)14-9-18-10-21-14/h4-10H,3H2,1-2H3,(H,19,20). The molecule has 0 aliphatic carbocycles. The van der Waals surface area contributed by atoms with Gasteiger partial charge in [0.2, 0.25) is 0 Å². The summed E-state index contributed by atoms with van der Waals surface area (Å²) in [4.78, 5) is 18.2. The lowest BCUT2D eigenvalue weighted by Crippen LogP contribution is -2.09. The topological polar surface area (TPSA) is 55.1 Å². The first-order valence-electron chi connectivity index (χ1n) is 7.07. The molecule has 112 valence electrons. The number of thiophene rings is 1. The van der Waals surface area contributed by atoms with Gasteiger partial charge in [-0.1, -0.05) is 6.92 Å². The minimum absolute atomic E-state index is 0.0692. The van der Waals surface area contributed by atoms with Gasteiger partial charge in [-0.25, -0.2) is 4.98 Å². The van der Waals surface area contributed by atoms with Gasteiger partial charge < -0.3 is 9.73 Å². The summed E-state index contributed by atoms with van der Waals surface area (Å²) in [6, 6.07) is 9.45. The molecule has 0 radical (unpaired) electrons. The zero-order valence-corrected chi connectivity index (χ0v) is 13.2. The van der Waals surface area contributed by atoms with Crippen molar-refractivity contribution in [3.8, 4) is 11.3 Å². The Morgan fingerprint density at radius 3 is 2.68 bits per heavy atom. The first kappa shape index (κ1) is 14.5. The van der Waals surface area contributed by atoms with E-state index in [0.29, 0.717) is 5.76 Å². The van der Waals surface area contributed by atoms with Crippen LogP contribution in [0, 0.1) is 6.92 Å². The van der Waals surface area contributed by atoms with Crippen LogP contribution in [-0.4, -0.2) is 10.9 Å². The predicted octanol–water partition coefficient (Wildman–Crippen LogP) is 4.53. The molecular weight excluding hydrogens is 296 g/mol. The van der Waals surface area contributed by atoms with E-state index in [0.717, 1.165) is 22.5 Å². The summed E-state index contributed by atoms with van der Waals surface area (Å²) < 4.78 is 5.24. The first-order chi connectivity index (χ1) is 10.7. The summed E-state index contributed by atoms with van der Waals surface area (Å²) >= 11 is 1.55. The maximum absolute atomic E-state index is 12.3. The zero-order valence-electron chi connectivity index (χ0n) is 12.4. The van der Waals surface area contributed by atoms with E-state index >= 15 is 0 Å². The van der Waals surface area contributed by atoms with Gasteiger partial charge in [-0.3, -0.25) is 4.79 Å². The van der Waals surface area contributed by atoms with Crippen molar-refractivity contribution in [3.63, 3.8) is 0 Å². The fourth-order valence-corrected chi connectivity index (χ4v) is 3.26. The minimum Gasteiger partial charge on any atom is -0.444 e. The molecule has 4 nitrogen and oxygen atoms in total. The number of hydrogen-bond donors (Lipinski definition) is 1. The third-order valence-corrected chi connectivity index (χ3v) is 4.81. The number of aryl methyl sites for hydroxylation is 2. The Morgan fingerprint density at radius 1 is 1.32 bits per heavy atom. The summed E-state index contributed by atoms with van der Waals surface area (Å²) in [6.07, 6.45) is 4.01. The first-order valence-corrected chi connectivity index (χ1v) is 7.88. The average molecular weight is 312 g/mol. The molecule has 3 rings (SSSR count). The van der Waals surface area contributed by atoms with Crippen molar-refractivity contribution in [2.75, 3.05) is 5.32 Å². The highest BCUT2D eigenvalue weighted by atomic mass is 32.1. The fourth-order valence-electron chi connectivity index (χ4n) is 2.25. The van der Waals surface area contributed by atoms with Crippen LogP contribution in [0.25, 0.3) is 11.3 Å². The van der Waals surface area contributed by atoms with Gasteiger partial charge >= 0.3 is 0 Å². The Morgan fingerprint density at radius 2 is 2.09 bits per heavy atom. The van der Waals surface area contributed by atoms with E-state index in [9.17, 15) is 4.79 Å². The molecule has 0 unspecified atom stereocenters. The number of hydrogen-bond acceptors (Lipinski definition) is 4. The van der Waals surface area contributed by atoms with Crippen molar-refractivity contribution >= 4 is 22.9 Å². The highest BCUT2D eigenvalue weighted by Crippen LogP contribution is 2.24. The Kier molecular flexibility index (Phi) is 4.06. The number of oxazole rings is 1. The Bertz CT molecular complexity index is 774. The van der Waals surface area contributed by atoms with Gasteiger partial charge in [-0.05, 0) is 49.2 Å². The average Bonchev–Trinajstić information content (AvgIpc) is 3.17. The normalized spacial score (nSPS) is 10.6. The van der Waals surface area contributed by atoms with Crippen LogP contribution >= 0.6 is 11.3 Å². The van der Waals surface area contributed by atoms with Crippen LogP contribution in [0.2, 0.25) is 0 Å². The molecule has 1 N–H and O–H groups in total. The minimum atomic E-state index is -0.0692. The number of amides is 1. The summed E-state index contributed by atoms with van der Waals surface area (Å²) in [6.45, 7) is 4.14. The number of anilines is 1. The maximum atomic E-state index is 12.3. The molecule has 1 aromatic carbocycles. The molecule has 0 saturated carbocycles. The third kappa shape index (κ3) is 2.94. The SMILES string of the molecule is CCc1sc(C(=O)Nc2ccc(-c3cnco3)cc2)cc1C. The van der Waals surface area contributed by atoms with Crippen LogP contribution in [-0.2, 0) is 6.42 Å². The van der Waals surface area contributed by atoms with Crippen molar-refractivity contribution in [2.45, 2.75) is 20.3 Å². The lowest BCUT2D eigenvalue weighted by Gasteiger charge is -2.04. The van der Waals surface area contributed by atoms with Gasteiger partial charge in [0.1, 0.15) is 0 Å². The highest BCUT2D eigenvalue weighted by molar-refractivity contribution is 7.14. The second kappa shape index (κ2) is 6.15. The van der Waals surface area contributed by atoms with E-state index in [1.807, 2.05) is 37.3 Å². The van der Waals surface area contributed by atoms with Crippen LogP contribution in [0.5, 0.6) is 0 Å². The van der Waals surface area contributed by atoms with Crippen molar-refractivity contribution in [1.82, 2.24) is 4.98 Å². The molecule has 1 amide bonds. The monoisotopic (exact) mass is 312 g/mol. The number of nitrogens with one attached hydrogen (secondary N) is 1. The van der Waals surface area contributed by atoms with E-state index in [2.05, 4.69) is 17.2 Å². The van der Waals surface area contributed by atoms with Gasteiger partial charge in [0.05, 0.1) is 11.1 Å². The number of nitrogens with zero attached hydrogens (tertiary/aromatic N) is 1. The number of benzene rings is 1. The number of rotatable bonds is 4. The van der Waals surface area contributed by atoms with Crippen LogP contribution in [0.4, 0.5) is 5.69 Å². The molecule has 5 heteroatoms. The van der Waals surface area contributed by atoms with Crippen LogP contribution in [0.1, 0.15) is 27.0 Å². The second-order valence-corrected chi connectivity index (χ2v) is 6.10. The molecule has 0 aliphatic rings. The molecule has 2 aromatic heterocycles. The highest BCUT2D eigenvalue weighted by Gasteiger charge is 2.12. The van der Waals surface area contributed by atoms with Crippen LogP contribution in [0.15, 0.2) is 47.3 Å². The predicted molar refractivity (Wildman–Crippen MR) is 88.3 cm³/mol. The molecule has 0 bridgehead atoms. The number of carbonyl (C=O) groups excluding carboxylic acids is 1. The lowest BCUT2D eigenvalue weighted by atomic mass is 10.1. The van der Waals surface area contributed by atoms with E-state index in [-0.39, 0.29) is 5.91 Å². The fraction of sp³-hybridized carbons (Fsp3) is 0.176. The molecule has 2 heterocycles. The molecule has 0 spiro atoms. The number of carbonyl (C=O) groups is 1. The van der Waals surface area contributed by atoms with Gasteiger partial charge in [0.25, 0.3) is 5.91 Å². The zero-order chi connectivity index (χ0) is 15.5. The molecule has 0 atom stereocenters. The van der Waals surface area contributed by atoms with Crippen molar-refractivity contribution in [1.29, 1.82) is 0 Å². The van der Waals surface area contributed by atoms with E-state index in [1.165, 1.54) is 16.8 Å². The van der Waals surface area contributed by atoms with Gasteiger partial charge in [0.15, 0.2) is 12.2 Å². The third-order valence-electron chi connectivity index (χ3n) is 3.43. The molecule has 0 aliphatic heterocycles. The van der Waals surface area contributed by atoms with Crippen molar-refractivity contribution in [2.24, 2.45) is 0 Å². The van der Waals surface area contributed by atoms with Gasteiger partial charge in [-0.15, -0.1) is 11.3 Å². The Balaban J connectivity index is 1.73. The summed E-state index contributed by atoms with van der Waals surface area (Å²) in [5, 5.41) is 2.92. The van der Waals surface area contributed by atoms with Gasteiger partial charge in [-0.2, -0.15) is 0 Å². The van der Waals surface area contributed by atoms with E-state index in [4.69, 9.17) is 4.42 Å². The maximum Gasteiger partial charge on any atom is 0.265 e. The van der Waals surface area contributed by atoms with Crippen molar-refractivity contribution in [3.05, 3.63) is 58.2 Å². The second-order valence-electron chi connectivity index (χ2n) is 4.97. The Labute approximate surface area is 132 Å². The molecule has 3 aromatic rings. The van der Waals surface area contributed by atoms with Crippen LogP contribution < -0.4 is 5.32 Å². The lowest BCUT2D eigenvalue weighted by molar-refractivity contribution is 0.103. The largest absolute Gasteiger partial charge is 0.444 e. The summed E-state index contributed by atoms with van der Waals surface area (Å²) in [5.74, 6) is 0.638. The van der Waals surface area contributed by atoms with Crippen LogP contribution in [0.3, 0.4) is 0 Å². The Hall–Kier alpha value is -2.40. The molecule has 22 heavy (non-hydrogen) atoms.